The second-order valence-corrected chi connectivity index (χ2v) is 5.16. The average molecular weight is 284 g/mol. The number of rotatable bonds is 5. The van der Waals surface area contributed by atoms with Crippen LogP contribution in [0.4, 0.5) is 5.69 Å². The fourth-order valence-electron chi connectivity index (χ4n) is 2.36. The Morgan fingerprint density at radius 3 is 2.29 bits per heavy atom. The van der Waals surface area contributed by atoms with E-state index in [1.165, 1.54) is 0 Å². The van der Waals surface area contributed by atoms with Gasteiger partial charge in [0, 0.05) is 5.69 Å². The second-order valence-electron chi connectivity index (χ2n) is 5.16. The van der Waals surface area contributed by atoms with E-state index < -0.39 is 11.4 Å². The lowest BCUT2D eigenvalue weighted by Crippen LogP contribution is -2.45. The van der Waals surface area contributed by atoms with Crippen LogP contribution in [0.25, 0.3) is 0 Å². The first-order valence-corrected chi connectivity index (χ1v) is 6.75. The van der Waals surface area contributed by atoms with Crippen molar-refractivity contribution >= 4 is 11.6 Å². The van der Waals surface area contributed by atoms with Gasteiger partial charge in [-0.3, -0.25) is 4.79 Å². The van der Waals surface area contributed by atoms with Crippen molar-refractivity contribution in [3.05, 3.63) is 59.7 Å². The zero-order valence-electron chi connectivity index (χ0n) is 12.5. The van der Waals surface area contributed by atoms with E-state index in [1.54, 1.807) is 14.0 Å². The van der Waals surface area contributed by atoms with Gasteiger partial charge in [-0.25, -0.2) is 0 Å². The van der Waals surface area contributed by atoms with Crippen molar-refractivity contribution in [3.8, 4) is 5.75 Å². The molecule has 0 aliphatic heterocycles. The average Bonchev–Trinajstić information content (AvgIpc) is 2.48. The third kappa shape index (κ3) is 2.99. The quantitative estimate of drug-likeness (QED) is 0.887. The molecule has 1 unspecified atom stereocenters. The lowest BCUT2D eigenvalue weighted by atomic mass is 9.87. The first-order valence-electron chi connectivity index (χ1n) is 6.75. The molecule has 4 nitrogen and oxygen atoms in total. The summed E-state index contributed by atoms with van der Waals surface area (Å²) in [7, 11) is 1.61. The van der Waals surface area contributed by atoms with Crippen LogP contribution in [-0.4, -0.2) is 13.0 Å². The Morgan fingerprint density at radius 2 is 1.76 bits per heavy atom. The molecule has 0 aliphatic carbocycles. The molecule has 1 amide bonds. The van der Waals surface area contributed by atoms with Crippen LogP contribution in [0.2, 0.25) is 0 Å². The smallest absolute Gasteiger partial charge is 0.247 e. The molecule has 21 heavy (non-hydrogen) atoms. The topological polar surface area (TPSA) is 64.3 Å². The molecule has 0 heterocycles. The van der Waals surface area contributed by atoms with Crippen LogP contribution in [-0.2, 0) is 10.3 Å². The number of carbonyl (C=O) groups excluding carboxylic acids is 1. The van der Waals surface area contributed by atoms with E-state index in [9.17, 15) is 4.79 Å². The maximum atomic E-state index is 12.0. The zero-order valence-corrected chi connectivity index (χ0v) is 12.5. The zero-order chi connectivity index (χ0) is 15.5. The van der Waals surface area contributed by atoms with E-state index in [4.69, 9.17) is 10.5 Å². The molecule has 3 N–H and O–H groups in total. The van der Waals surface area contributed by atoms with Gasteiger partial charge in [0.05, 0.1) is 7.11 Å². The van der Waals surface area contributed by atoms with Gasteiger partial charge in [0.25, 0.3) is 0 Å². The molecule has 110 valence electrons. The highest BCUT2D eigenvalue weighted by atomic mass is 16.5. The Kier molecular flexibility index (Phi) is 4.17. The monoisotopic (exact) mass is 284 g/mol. The summed E-state index contributed by atoms with van der Waals surface area (Å²) in [5.74, 6) is 0.338. The number of primary amides is 1. The highest BCUT2D eigenvalue weighted by molar-refractivity contribution is 5.89. The molecule has 0 aliphatic rings. The van der Waals surface area contributed by atoms with Gasteiger partial charge in [0.1, 0.15) is 11.3 Å². The second kappa shape index (κ2) is 5.87. The van der Waals surface area contributed by atoms with Gasteiger partial charge in [-0.05, 0) is 49.2 Å². The normalized spacial score (nSPS) is 13.3. The largest absolute Gasteiger partial charge is 0.497 e. The predicted octanol–water partition coefficient (Wildman–Crippen LogP) is 2.82. The molecule has 0 saturated heterocycles. The first kappa shape index (κ1) is 14.9. The van der Waals surface area contributed by atoms with Crippen LogP contribution in [0.1, 0.15) is 18.1 Å². The third-order valence-corrected chi connectivity index (χ3v) is 3.66. The number of benzene rings is 2. The third-order valence-electron chi connectivity index (χ3n) is 3.66. The molecular formula is C17H20N2O2. The van der Waals surface area contributed by atoms with Crippen LogP contribution in [0.5, 0.6) is 5.75 Å². The summed E-state index contributed by atoms with van der Waals surface area (Å²) >= 11 is 0. The molecular weight excluding hydrogens is 264 g/mol. The number of hydrogen-bond donors (Lipinski definition) is 2. The van der Waals surface area contributed by atoms with Gasteiger partial charge in [-0.2, -0.15) is 0 Å². The van der Waals surface area contributed by atoms with Crippen molar-refractivity contribution in [2.45, 2.75) is 19.4 Å². The molecule has 0 bridgehead atoms. The highest BCUT2D eigenvalue weighted by Gasteiger charge is 2.34. The van der Waals surface area contributed by atoms with E-state index in [0.29, 0.717) is 0 Å². The van der Waals surface area contributed by atoms with Crippen LogP contribution >= 0.6 is 0 Å². The number of nitrogens with two attached hydrogens (primary N) is 1. The summed E-state index contributed by atoms with van der Waals surface area (Å²) in [6, 6.07) is 15.1. The van der Waals surface area contributed by atoms with Gasteiger partial charge in [-0.15, -0.1) is 0 Å². The number of carbonyl (C=O) groups is 1. The van der Waals surface area contributed by atoms with Crippen molar-refractivity contribution < 1.29 is 9.53 Å². The van der Waals surface area contributed by atoms with Crippen molar-refractivity contribution in [1.82, 2.24) is 0 Å². The van der Waals surface area contributed by atoms with Crippen molar-refractivity contribution in [2.24, 2.45) is 5.73 Å². The summed E-state index contributed by atoms with van der Waals surface area (Å²) in [4.78, 5) is 12.0. The molecule has 0 radical (unpaired) electrons. The maximum absolute atomic E-state index is 12.0. The number of aryl methyl sites for hydroxylation is 1. The van der Waals surface area contributed by atoms with Crippen molar-refractivity contribution in [1.29, 1.82) is 0 Å². The Hall–Kier alpha value is -2.49. The molecule has 4 heteroatoms. The standard InChI is InChI=1S/C17H20N2O2/c1-12-6-4-5-7-15(12)17(2,16(18)20)19-13-8-10-14(21-3)11-9-13/h4-11,19H,1-3H3,(H2,18,20). The maximum Gasteiger partial charge on any atom is 0.247 e. The van der Waals surface area contributed by atoms with Gasteiger partial charge in [-0.1, -0.05) is 24.3 Å². The number of nitrogens with one attached hydrogen (secondary N) is 1. The summed E-state index contributed by atoms with van der Waals surface area (Å²) < 4.78 is 5.13. The summed E-state index contributed by atoms with van der Waals surface area (Å²) in [5.41, 5.74) is 7.37. The van der Waals surface area contributed by atoms with Crippen LogP contribution in [0.3, 0.4) is 0 Å². The van der Waals surface area contributed by atoms with Crippen molar-refractivity contribution in [2.75, 3.05) is 12.4 Å². The minimum Gasteiger partial charge on any atom is -0.497 e. The molecule has 0 saturated carbocycles. The van der Waals surface area contributed by atoms with Gasteiger partial charge in [0.15, 0.2) is 0 Å². The highest BCUT2D eigenvalue weighted by Crippen LogP contribution is 2.29. The van der Waals surface area contributed by atoms with Gasteiger partial charge >= 0.3 is 0 Å². The van der Waals surface area contributed by atoms with Crippen LogP contribution < -0.4 is 15.8 Å². The Labute approximate surface area is 124 Å². The molecule has 1 atom stereocenters. The number of amides is 1. The summed E-state index contributed by atoms with van der Waals surface area (Å²) in [6.07, 6.45) is 0. The van der Waals surface area contributed by atoms with Crippen molar-refractivity contribution in [3.63, 3.8) is 0 Å². The molecule has 2 rings (SSSR count). The van der Waals surface area contributed by atoms with E-state index in [1.807, 2.05) is 55.5 Å². The van der Waals surface area contributed by atoms with E-state index in [-0.39, 0.29) is 0 Å². The molecule has 2 aromatic carbocycles. The molecule has 0 aromatic heterocycles. The molecule has 0 fully saturated rings. The Bertz CT molecular complexity index is 637. The summed E-state index contributed by atoms with van der Waals surface area (Å²) in [5, 5.41) is 3.23. The fraction of sp³-hybridized carbons (Fsp3) is 0.235. The number of methoxy groups -OCH3 is 1. The van der Waals surface area contributed by atoms with E-state index >= 15 is 0 Å². The Balaban J connectivity index is 2.38. The molecule has 0 spiro atoms. The number of hydrogen-bond acceptors (Lipinski definition) is 3. The number of ether oxygens (including phenoxy) is 1. The van der Waals surface area contributed by atoms with E-state index in [0.717, 1.165) is 22.6 Å². The molecule has 2 aromatic rings. The Morgan fingerprint density at radius 1 is 1.14 bits per heavy atom. The van der Waals surface area contributed by atoms with Crippen LogP contribution in [0.15, 0.2) is 48.5 Å². The first-order chi connectivity index (χ1) is 9.97. The number of anilines is 1. The predicted molar refractivity (Wildman–Crippen MR) is 84.3 cm³/mol. The lowest BCUT2D eigenvalue weighted by molar-refractivity contribution is -0.122. The SMILES string of the molecule is COc1ccc(NC(C)(C(N)=O)c2ccccc2C)cc1. The van der Waals surface area contributed by atoms with Gasteiger partial charge in [0.2, 0.25) is 5.91 Å². The minimum atomic E-state index is -0.972. The summed E-state index contributed by atoms with van der Waals surface area (Å²) in [6.45, 7) is 3.76. The van der Waals surface area contributed by atoms with E-state index in [2.05, 4.69) is 5.32 Å². The lowest BCUT2D eigenvalue weighted by Gasteiger charge is -2.30. The minimum absolute atomic E-state index is 0.424. The fourth-order valence-corrected chi connectivity index (χ4v) is 2.36. The van der Waals surface area contributed by atoms with Gasteiger partial charge < -0.3 is 15.8 Å². The van der Waals surface area contributed by atoms with Crippen LogP contribution in [0, 0.1) is 6.92 Å².